The first-order valence-electron chi connectivity index (χ1n) is 7.03. The van der Waals surface area contributed by atoms with E-state index >= 15 is 0 Å². The fourth-order valence-electron chi connectivity index (χ4n) is 2.83. The summed E-state index contributed by atoms with van der Waals surface area (Å²) in [6.07, 6.45) is 6.56. The van der Waals surface area contributed by atoms with Crippen molar-refractivity contribution in [2.24, 2.45) is 5.92 Å². The van der Waals surface area contributed by atoms with Gasteiger partial charge in [0.25, 0.3) is 0 Å². The number of rotatable bonds is 4. The molecule has 1 aromatic rings. The number of aryl methyl sites for hydroxylation is 1. The van der Waals surface area contributed by atoms with Gasteiger partial charge >= 0.3 is 0 Å². The van der Waals surface area contributed by atoms with Crippen molar-refractivity contribution in [1.29, 1.82) is 0 Å². The summed E-state index contributed by atoms with van der Waals surface area (Å²) in [5.41, 5.74) is 1.00. The highest BCUT2D eigenvalue weighted by atomic mass is 15.1. The van der Waals surface area contributed by atoms with Crippen LogP contribution in [-0.2, 0) is 0 Å². The van der Waals surface area contributed by atoms with Crippen molar-refractivity contribution in [3.63, 3.8) is 0 Å². The third-order valence-corrected chi connectivity index (χ3v) is 3.84. The Labute approximate surface area is 110 Å². The second kappa shape index (κ2) is 6.03. The van der Waals surface area contributed by atoms with Crippen LogP contribution in [0, 0.1) is 12.8 Å². The van der Waals surface area contributed by atoms with E-state index in [4.69, 9.17) is 0 Å². The van der Waals surface area contributed by atoms with Crippen LogP contribution in [0.15, 0.2) is 6.07 Å². The SMILES string of the molecule is CCC1CCCCC1Nc1cc(C)nc(NC)n1. The predicted octanol–water partition coefficient (Wildman–Crippen LogP) is 3.21. The molecule has 1 saturated carbocycles. The molecule has 1 aliphatic rings. The van der Waals surface area contributed by atoms with Crippen molar-refractivity contribution in [3.8, 4) is 0 Å². The van der Waals surface area contributed by atoms with Crippen LogP contribution in [0.2, 0.25) is 0 Å². The molecule has 100 valence electrons. The molecule has 2 rings (SSSR count). The number of hydrogen-bond donors (Lipinski definition) is 2. The molecular formula is C14H24N4. The maximum absolute atomic E-state index is 4.48. The zero-order valence-corrected chi connectivity index (χ0v) is 11.7. The highest BCUT2D eigenvalue weighted by molar-refractivity contribution is 5.42. The number of hydrogen-bond acceptors (Lipinski definition) is 4. The van der Waals surface area contributed by atoms with Crippen molar-refractivity contribution in [2.75, 3.05) is 17.7 Å². The number of nitrogens with zero attached hydrogens (tertiary/aromatic N) is 2. The molecule has 1 heterocycles. The average Bonchev–Trinajstić information content (AvgIpc) is 2.38. The van der Waals surface area contributed by atoms with E-state index in [2.05, 4.69) is 27.5 Å². The molecule has 2 atom stereocenters. The maximum atomic E-state index is 4.48. The third-order valence-electron chi connectivity index (χ3n) is 3.84. The van der Waals surface area contributed by atoms with E-state index in [1.54, 1.807) is 0 Å². The minimum atomic E-state index is 0.572. The lowest BCUT2D eigenvalue weighted by Gasteiger charge is -2.32. The Kier molecular flexibility index (Phi) is 4.39. The zero-order chi connectivity index (χ0) is 13.0. The molecule has 0 aromatic carbocycles. The Morgan fingerprint density at radius 1 is 1.28 bits per heavy atom. The van der Waals surface area contributed by atoms with Gasteiger partial charge in [0.15, 0.2) is 0 Å². The van der Waals surface area contributed by atoms with Gasteiger partial charge in [-0.25, -0.2) is 4.98 Å². The topological polar surface area (TPSA) is 49.8 Å². The standard InChI is InChI=1S/C14H24N4/c1-4-11-7-5-6-8-12(11)17-13-9-10(2)16-14(15-3)18-13/h9,11-12H,4-8H2,1-3H3,(H2,15,16,17,18). The summed E-state index contributed by atoms with van der Waals surface area (Å²) in [4.78, 5) is 8.80. The van der Waals surface area contributed by atoms with Crippen LogP contribution in [-0.4, -0.2) is 23.1 Å². The van der Waals surface area contributed by atoms with Crippen LogP contribution >= 0.6 is 0 Å². The predicted molar refractivity (Wildman–Crippen MR) is 76.0 cm³/mol. The van der Waals surface area contributed by atoms with Crippen molar-refractivity contribution in [1.82, 2.24) is 9.97 Å². The molecule has 0 spiro atoms. The Morgan fingerprint density at radius 2 is 2.06 bits per heavy atom. The second-order valence-electron chi connectivity index (χ2n) is 5.17. The molecule has 4 heteroatoms. The van der Waals surface area contributed by atoms with Crippen LogP contribution in [0.25, 0.3) is 0 Å². The first-order chi connectivity index (χ1) is 8.72. The highest BCUT2D eigenvalue weighted by Crippen LogP contribution is 2.29. The molecule has 1 aliphatic carbocycles. The molecule has 0 aliphatic heterocycles. The Hall–Kier alpha value is -1.32. The van der Waals surface area contributed by atoms with Gasteiger partial charge in [-0.3, -0.25) is 0 Å². The molecule has 2 unspecified atom stereocenters. The molecule has 18 heavy (non-hydrogen) atoms. The number of nitrogens with one attached hydrogen (secondary N) is 2. The third kappa shape index (κ3) is 3.12. The first kappa shape index (κ1) is 13.1. The minimum absolute atomic E-state index is 0.572. The van der Waals surface area contributed by atoms with E-state index in [0.29, 0.717) is 12.0 Å². The van der Waals surface area contributed by atoms with Gasteiger partial charge < -0.3 is 10.6 Å². The van der Waals surface area contributed by atoms with Gasteiger partial charge in [0.2, 0.25) is 5.95 Å². The summed E-state index contributed by atoms with van der Waals surface area (Å²) >= 11 is 0. The summed E-state index contributed by atoms with van der Waals surface area (Å²) in [6, 6.07) is 2.60. The molecule has 0 radical (unpaired) electrons. The second-order valence-corrected chi connectivity index (χ2v) is 5.17. The lowest BCUT2D eigenvalue weighted by atomic mass is 9.83. The van der Waals surface area contributed by atoms with E-state index in [1.807, 2.05) is 20.0 Å². The number of aromatic nitrogens is 2. The van der Waals surface area contributed by atoms with E-state index in [9.17, 15) is 0 Å². The van der Waals surface area contributed by atoms with Crippen LogP contribution in [0.1, 0.15) is 44.7 Å². The quantitative estimate of drug-likeness (QED) is 0.859. The summed E-state index contributed by atoms with van der Waals surface area (Å²) in [7, 11) is 1.86. The fraction of sp³-hybridized carbons (Fsp3) is 0.714. The van der Waals surface area contributed by atoms with E-state index in [1.165, 1.54) is 32.1 Å². The maximum Gasteiger partial charge on any atom is 0.224 e. The van der Waals surface area contributed by atoms with Crippen LogP contribution in [0.4, 0.5) is 11.8 Å². The minimum Gasteiger partial charge on any atom is -0.367 e. The Bertz CT molecular complexity index is 391. The van der Waals surface area contributed by atoms with E-state index in [0.717, 1.165) is 17.4 Å². The van der Waals surface area contributed by atoms with E-state index in [-0.39, 0.29) is 0 Å². The molecule has 2 N–H and O–H groups in total. The van der Waals surface area contributed by atoms with Crippen LogP contribution in [0.3, 0.4) is 0 Å². The summed E-state index contributed by atoms with van der Waals surface area (Å²) in [5, 5.41) is 6.61. The summed E-state index contributed by atoms with van der Waals surface area (Å²) in [5.74, 6) is 2.44. The monoisotopic (exact) mass is 248 g/mol. The zero-order valence-electron chi connectivity index (χ0n) is 11.7. The Balaban J connectivity index is 2.09. The largest absolute Gasteiger partial charge is 0.367 e. The van der Waals surface area contributed by atoms with Crippen molar-refractivity contribution in [3.05, 3.63) is 11.8 Å². The Morgan fingerprint density at radius 3 is 2.78 bits per heavy atom. The van der Waals surface area contributed by atoms with Gasteiger partial charge in [-0.2, -0.15) is 4.98 Å². The van der Waals surface area contributed by atoms with Gasteiger partial charge in [-0.05, 0) is 25.7 Å². The van der Waals surface area contributed by atoms with Crippen molar-refractivity contribution in [2.45, 2.75) is 52.0 Å². The first-order valence-corrected chi connectivity index (χ1v) is 7.03. The lowest BCUT2D eigenvalue weighted by molar-refractivity contribution is 0.317. The van der Waals surface area contributed by atoms with Gasteiger partial charge in [-0.1, -0.05) is 26.2 Å². The van der Waals surface area contributed by atoms with Gasteiger partial charge in [0.05, 0.1) is 0 Å². The number of anilines is 2. The molecule has 0 bridgehead atoms. The molecule has 0 amide bonds. The highest BCUT2D eigenvalue weighted by Gasteiger charge is 2.23. The summed E-state index contributed by atoms with van der Waals surface area (Å²) in [6.45, 7) is 4.29. The molecular weight excluding hydrogens is 224 g/mol. The molecule has 1 fully saturated rings. The normalized spacial score (nSPS) is 23.7. The molecule has 1 aromatic heterocycles. The molecule has 4 nitrogen and oxygen atoms in total. The van der Waals surface area contributed by atoms with Gasteiger partial charge in [0, 0.05) is 24.8 Å². The van der Waals surface area contributed by atoms with Gasteiger partial charge in [-0.15, -0.1) is 0 Å². The summed E-state index contributed by atoms with van der Waals surface area (Å²) < 4.78 is 0. The van der Waals surface area contributed by atoms with Crippen molar-refractivity contribution >= 4 is 11.8 Å². The molecule has 0 saturated heterocycles. The average molecular weight is 248 g/mol. The van der Waals surface area contributed by atoms with Crippen LogP contribution < -0.4 is 10.6 Å². The lowest BCUT2D eigenvalue weighted by Crippen LogP contribution is -2.32. The van der Waals surface area contributed by atoms with Crippen LogP contribution in [0.5, 0.6) is 0 Å². The van der Waals surface area contributed by atoms with Crippen molar-refractivity contribution < 1.29 is 0 Å². The fourth-order valence-corrected chi connectivity index (χ4v) is 2.83. The van der Waals surface area contributed by atoms with Gasteiger partial charge in [0.1, 0.15) is 5.82 Å². The smallest absolute Gasteiger partial charge is 0.224 e. The van der Waals surface area contributed by atoms with E-state index < -0.39 is 0 Å².